The first-order valence-corrected chi connectivity index (χ1v) is 9.02. The summed E-state index contributed by atoms with van der Waals surface area (Å²) in [5.41, 5.74) is 2.36. The zero-order valence-corrected chi connectivity index (χ0v) is 16.0. The van der Waals surface area contributed by atoms with Gasteiger partial charge in [-0.25, -0.2) is 0 Å². The Bertz CT molecular complexity index is 905. The molecule has 0 saturated carbocycles. The molecule has 0 aliphatic heterocycles. The number of ether oxygens (including phenoxy) is 3. The quantitative estimate of drug-likeness (QED) is 0.578. The fourth-order valence-electron chi connectivity index (χ4n) is 2.60. The number of para-hydroxylation sites is 2. The Morgan fingerprint density at radius 2 is 1.39 bits per heavy atom. The molecular formula is C23H23NO4. The SMILES string of the molecule is COc1ccccc1NC(=O)c1ccc(OCCOc2ccc(C)cc2)cc1. The Labute approximate surface area is 164 Å². The number of methoxy groups -OCH3 is 1. The standard InChI is InChI=1S/C23H23NO4/c1-17-7-11-19(12-8-17)27-15-16-28-20-13-9-18(10-14-20)23(25)24-21-5-3-4-6-22(21)26-2/h3-14H,15-16H2,1-2H3,(H,24,25). The lowest BCUT2D eigenvalue weighted by Gasteiger charge is -2.11. The third-order valence-electron chi connectivity index (χ3n) is 4.11. The van der Waals surface area contributed by atoms with Gasteiger partial charge in [0.25, 0.3) is 5.91 Å². The number of amides is 1. The molecule has 0 radical (unpaired) electrons. The van der Waals surface area contributed by atoms with Gasteiger partial charge in [0.1, 0.15) is 30.5 Å². The molecule has 3 aromatic rings. The van der Waals surface area contributed by atoms with Gasteiger partial charge in [-0.2, -0.15) is 0 Å². The number of benzene rings is 3. The fraction of sp³-hybridized carbons (Fsp3) is 0.174. The molecular weight excluding hydrogens is 354 g/mol. The molecule has 0 aliphatic carbocycles. The number of anilines is 1. The van der Waals surface area contributed by atoms with Gasteiger partial charge >= 0.3 is 0 Å². The molecule has 0 fully saturated rings. The molecule has 3 aromatic carbocycles. The monoisotopic (exact) mass is 377 g/mol. The maximum absolute atomic E-state index is 12.4. The summed E-state index contributed by atoms with van der Waals surface area (Å²) in [6.45, 7) is 2.90. The molecule has 0 aromatic heterocycles. The van der Waals surface area contributed by atoms with Crippen molar-refractivity contribution in [3.63, 3.8) is 0 Å². The second kappa shape index (κ2) is 9.46. The Morgan fingerprint density at radius 1 is 0.821 bits per heavy atom. The van der Waals surface area contributed by atoms with E-state index < -0.39 is 0 Å². The summed E-state index contributed by atoms with van der Waals surface area (Å²) in [7, 11) is 1.57. The molecule has 0 atom stereocenters. The van der Waals surface area contributed by atoms with Crippen LogP contribution in [-0.4, -0.2) is 26.2 Å². The van der Waals surface area contributed by atoms with E-state index in [9.17, 15) is 4.79 Å². The zero-order chi connectivity index (χ0) is 19.8. The topological polar surface area (TPSA) is 56.8 Å². The summed E-state index contributed by atoms with van der Waals surface area (Å²) in [5.74, 6) is 1.90. The normalized spacial score (nSPS) is 10.2. The molecule has 1 amide bonds. The highest BCUT2D eigenvalue weighted by Crippen LogP contribution is 2.24. The minimum Gasteiger partial charge on any atom is -0.495 e. The molecule has 5 nitrogen and oxygen atoms in total. The Morgan fingerprint density at radius 3 is 2.00 bits per heavy atom. The average molecular weight is 377 g/mol. The van der Waals surface area contributed by atoms with E-state index in [2.05, 4.69) is 5.32 Å². The van der Waals surface area contributed by atoms with Crippen molar-refractivity contribution in [3.05, 3.63) is 83.9 Å². The van der Waals surface area contributed by atoms with Crippen LogP contribution in [0.4, 0.5) is 5.69 Å². The van der Waals surface area contributed by atoms with E-state index in [1.165, 1.54) is 5.56 Å². The molecule has 0 heterocycles. The summed E-state index contributed by atoms with van der Waals surface area (Å²) < 4.78 is 16.5. The van der Waals surface area contributed by atoms with Crippen LogP contribution in [0.1, 0.15) is 15.9 Å². The summed E-state index contributed by atoms with van der Waals surface area (Å²) in [6, 6.07) is 22.1. The molecule has 0 bridgehead atoms. The Balaban J connectivity index is 1.48. The van der Waals surface area contributed by atoms with Gasteiger partial charge in [0, 0.05) is 5.56 Å². The van der Waals surface area contributed by atoms with Gasteiger partial charge in [0.15, 0.2) is 0 Å². The van der Waals surface area contributed by atoms with Crippen LogP contribution in [0, 0.1) is 6.92 Å². The molecule has 0 saturated heterocycles. The van der Waals surface area contributed by atoms with Crippen LogP contribution in [0.25, 0.3) is 0 Å². The highest BCUT2D eigenvalue weighted by atomic mass is 16.5. The molecule has 3 rings (SSSR count). The molecule has 0 spiro atoms. The second-order valence-electron chi connectivity index (χ2n) is 6.19. The van der Waals surface area contributed by atoms with Gasteiger partial charge in [0.2, 0.25) is 0 Å². The third kappa shape index (κ3) is 5.27. The summed E-state index contributed by atoms with van der Waals surface area (Å²) in [5, 5.41) is 2.85. The van der Waals surface area contributed by atoms with Crippen LogP contribution in [-0.2, 0) is 0 Å². The van der Waals surface area contributed by atoms with Crippen LogP contribution < -0.4 is 19.5 Å². The lowest BCUT2D eigenvalue weighted by atomic mass is 10.2. The number of nitrogens with one attached hydrogen (secondary N) is 1. The molecule has 5 heteroatoms. The van der Waals surface area contributed by atoms with E-state index in [-0.39, 0.29) is 5.91 Å². The largest absolute Gasteiger partial charge is 0.495 e. The first-order chi connectivity index (χ1) is 13.7. The Kier molecular flexibility index (Phi) is 6.52. The van der Waals surface area contributed by atoms with Crippen LogP contribution in [0.15, 0.2) is 72.8 Å². The molecule has 28 heavy (non-hydrogen) atoms. The van der Waals surface area contributed by atoms with E-state index in [1.54, 1.807) is 43.5 Å². The van der Waals surface area contributed by atoms with Crippen molar-refractivity contribution in [2.24, 2.45) is 0 Å². The number of rotatable bonds is 8. The number of carbonyl (C=O) groups is 1. The first-order valence-electron chi connectivity index (χ1n) is 9.02. The van der Waals surface area contributed by atoms with Gasteiger partial charge in [0.05, 0.1) is 12.8 Å². The van der Waals surface area contributed by atoms with Crippen LogP contribution in [0.5, 0.6) is 17.2 Å². The number of hydrogen-bond acceptors (Lipinski definition) is 4. The van der Waals surface area contributed by atoms with Crippen molar-refractivity contribution in [1.29, 1.82) is 0 Å². The third-order valence-corrected chi connectivity index (χ3v) is 4.11. The molecule has 0 aliphatic rings. The van der Waals surface area contributed by atoms with Gasteiger partial charge in [-0.15, -0.1) is 0 Å². The number of carbonyl (C=O) groups excluding carboxylic acids is 1. The zero-order valence-electron chi connectivity index (χ0n) is 16.0. The predicted octanol–water partition coefficient (Wildman–Crippen LogP) is 4.71. The summed E-state index contributed by atoms with van der Waals surface area (Å²) in [6.07, 6.45) is 0. The van der Waals surface area contributed by atoms with Crippen molar-refractivity contribution in [3.8, 4) is 17.2 Å². The Hall–Kier alpha value is -3.47. The maximum atomic E-state index is 12.4. The fourth-order valence-corrected chi connectivity index (χ4v) is 2.60. The lowest BCUT2D eigenvalue weighted by Crippen LogP contribution is -2.13. The van der Waals surface area contributed by atoms with E-state index in [0.717, 1.165) is 5.75 Å². The minimum atomic E-state index is -0.209. The average Bonchev–Trinajstić information content (AvgIpc) is 2.73. The number of aryl methyl sites for hydroxylation is 1. The molecule has 0 unspecified atom stereocenters. The van der Waals surface area contributed by atoms with Gasteiger partial charge in [-0.1, -0.05) is 29.8 Å². The van der Waals surface area contributed by atoms with Crippen molar-refractivity contribution in [1.82, 2.24) is 0 Å². The summed E-state index contributed by atoms with van der Waals surface area (Å²) >= 11 is 0. The van der Waals surface area contributed by atoms with E-state index >= 15 is 0 Å². The van der Waals surface area contributed by atoms with Gasteiger partial charge in [-0.3, -0.25) is 4.79 Å². The van der Waals surface area contributed by atoms with Crippen LogP contribution in [0.2, 0.25) is 0 Å². The summed E-state index contributed by atoms with van der Waals surface area (Å²) in [4.78, 5) is 12.4. The second-order valence-corrected chi connectivity index (χ2v) is 6.19. The molecule has 1 N–H and O–H groups in total. The smallest absolute Gasteiger partial charge is 0.255 e. The van der Waals surface area contributed by atoms with Gasteiger partial charge in [-0.05, 0) is 55.5 Å². The van der Waals surface area contributed by atoms with Crippen molar-refractivity contribution < 1.29 is 19.0 Å². The highest BCUT2D eigenvalue weighted by molar-refractivity contribution is 6.05. The number of hydrogen-bond donors (Lipinski definition) is 1. The lowest BCUT2D eigenvalue weighted by molar-refractivity contribution is 0.102. The van der Waals surface area contributed by atoms with Crippen molar-refractivity contribution >= 4 is 11.6 Å². The minimum absolute atomic E-state index is 0.209. The van der Waals surface area contributed by atoms with E-state index in [0.29, 0.717) is 36.0 Å². The first kappa shape index (κ1) is 19.3. The van der Waals surface area contributed by atoms with E-state index in [4.69, 9.17) is 14.2 Å². The highest BCUT2D eigenvalue weighted by Gasteiger charge is 2.09. The van der Waals surface area contributed by atoms with Crippen LogP contribution >= 0.6 is 0 Å². The van der Waals surface area contributed by atoms with Crippen molar-refractivity contribution in [2.75, 3.05) is 25.6 Å². The van der Waals surface area contributed by atoms with Crippen LogP contribution in [0.3, 0.4) is 0 Å². The van der Waals surface area contributed by atoms with Crippen molar-refractivity contribution in [2.45, 2.75) is 6.92 Å². The van der Waals surface area contributed by atoms with Gasteiger partial charge < -0.3 is 19.5 Å². The van der Waals surface area contributed by atoms with E-state index in [1.807, 2.05) is 43.3 Å². The molecule has 144 valence electrons. The predicted molar refractivity (Wildman–Crippen MR) is 110 cm³/mol. The maximum Gasteiger partial charge on any atom is 0.255 e.